The van der Waals surface area contributed by atoms with Crippen molar-refractivity contribution in [2.75, 3.05) is 0 Å². The maximum Gasteiger partial charge on any atom is 0.274 e. The number of hydrogen-bond donors (Lipinski definition) is 1. The van der Waals surface area contributed by atoms with Gasteiger partial charge in [-0.3, -0.25) is 9.20 Å². The summed E-state index contributed by atoms with van der Waals surface area (Å²) in [5.41, 5.74) is 1.65. The van der Waals surface area contributed by atoms with Crippen LogP contribution < -0.4 is 10.1 Å². The molecule has 1 aliphatic rings. The lowest BCUT2D eigenvalue weighted by Crippen LogP contribution is -2.34. The van der Waals surface area contributed by atoms with Crippen molar-refractivity contribution >= 4 is 11.6 Å². The summed E-state index contributed by atoms with van der Waals surface area (Å²) in [4.78, 5) is 21.4. The second kappa shape index (κ2) is 6.98. The quantitative estimate of drug-likeness (QED) is 0.719. The van der Waals surface area contributed by atoms with Gasteiger partial charge < -0.3 is 10.1 Å². The second-order valence-corrected chi connectivity index (χ2v) is 6.88. The molecule has 4 rings (SSSR count). The summed E-state index contributed by atoms with van der Waals surface area (Å²) in [6, 6.07) is 7.64. The lowest BCUT2D eigenvalue weighted by molar-refractivity contribution is 0.0933. The molecule has 1 aromatic carbocycles. The highest BCUT2D eigenvalue weighted by Gasteiger charge is 2.30. The number of nitrogens with one attached hydrogen (secondary N) is 1. The number of hydrogen-bond acceptors (Lipinski definition) is 4. The van der Waals surface area contributed by atoms with Gasteiger partial charge in [-0.2, -0.15) is 4.98 Å². The highest BCUT2D eigenvalue weighted by molar-refractivity contribution is 5.98. The molecule has 7 heteroatoms. The average molecular weight is 368 g/mol. The topological polar surface area (TPSA) is 68.5 Å². The summed E-state index contributed by atoms with van der Waals surface area (Å²) in [6.07, 6.45) is 4.63. The van der Waals surface area contributed by atoms with Crippen molar-refractivity contribution in [2.24, 2.45) is 5.92 Å². The summed E-state index contributed by atoms with van der Waals surface area (Å²) in [5, 5.41) is 3.01. The molecule has 2 aromatic heterocycles. The summed E-state index contributed by atoms with van der Waals surface area (Å²) in [5.74, 6) is 0.809. The molecule has 1 amide bonds. The van der Waals surface area contributed by atoms with Gasteiger partial charge >= 0.3 is 0 Å². The van der Waals surface area contributed by atoms with E-state index in [2.05, 4.69) is 15.3 Å². The monoisotopic (exact) mass is 368 g/mol. The number of carbonyl (C=O) groups is 1. The molecule has 2 heterocycles. The number of halogens is 1. The number of aromatic nitrogens is 3. The molecule has 3 aromatic rings. The van der Waals surface area contributed by atoms with Gasteiger partial charge in [-0.25, -0.2) is 9.37 Å². The Bertz CT molecular complexity index is 980. The largest absolute Gasteiger partial charge is 0.439 e. The average Bonchev–Trinajstić information content (AvgIpc) is 3.42. The van der Waals surface area contributed by atoms with Crippen LogP contribution in [0, 0.1) is 11.7 Å². The van der Waals surface area contributed by atoms with E-state index in [1.807, 2.05) is 13.8 Å². The first kappa shape index (κ1) is 17.5. The van der Waals surface area contributed by atoms with Crippen molar-refractivity contribution in [3.05, 3.63) is 53.9 Å². The maximum atomic E-state index is 13.1. The molecule has 1 atom stereocenters. The van der Waals surface area contributed by atoms with Crippen molar-refractivity contribution in [1.82, 2.24) is 19.7 Å². The number of benzene rings is 1. The minimum absolute atomic E-state index is 0.124. The van der Waals surface area contributed by atoms with E-state index in [1.54, 1.807) is 16.8 Å². The summed E-state index contributed by atoms with van der Waals surface area (Å²) < 4.78 is 20.7. The Morgan fingerprint density at radius 3 is 2.78 bits per heavy atom. The van der Waals surface area contributed by atoms with Crippen molar-refractivity contribution in [3.63, 3.8) is 0 Å². The van der Waals surface area contributed by atoms with Gasteiger partial charge in [-0.15, -0.1) is 0 Å². The number of amides is 1. The zero-order valence-corrected chi connectivity index (χ0v) is 15.3. The van der Waals surface area contributed by atoms with Crippen molar-refractivity contribution in [3.8, 4) is 11.6 Å². The first-order valence-electron chi connectivity index (χ1n) is 9.16. The summed E-state index contributed by atoms with van der Waals surface area (Å²) in [7, 11) is 0. The van der Waals surface area contributed by atoms with Crippen LogP contribution in [0.25, 0.3) is 5.65 Å². The van der Waals surface area contributed by atoms with E-state index in [9.17, 15) is 9.18 Å². The molecule has 0 unspecified atom stereocenters. The predicted molar refractivity (Wildman–Crippen MR) is 98.5 cm³/mol. The van der Waals surface area contributed by atoms with Crippen LogP contribution in [0.2, 0.25) is 0 Å². The first-order chi connectivity index (χ1) is 13.0. The van der Waals surface area contributed by atoms with Crippen LogP contribution in [0.5, 0.6) is 11.6 Å². The number of nitrogens with zero attached hydrogens (tertiary/aromatic N) is 3. The van der Waals surface area contributed by atoms with Crippen LogP contribution in [0.1, 0.15) is 42.9 Å². The molecule has 0 radical (unpaired) electrons. The van der Waals surface area contributed by atoms with Crippen LogP contribution in [0.4, 0.5) is 4.39 Å². The Balaban J connectivity index is 1.66. The molecule has 1 fully saturated rings. The summed E-state index contributed by atoms with van der Waals surface area (Å²) in [6.45, 7) is 4.02. The van der Waals surface area contributed by atoms with E-state index < -0.39 is 0 Å². The van der Waals surface area contributed by atoms with Crippen LogP contribution in [0.3, 0.4) is 0 Å². The Morgan fingerprint density at radius 1 is 1.37 bits per heavy atom. The number of rotatable bonds is 6. The van der Waals surface area contributed by atoms with Crippen molar-refractivity contribution < 1.29 is 13.9 Å². The number of carbonyl (C=O) groups excluding carboxylic acids is 1. The smallest absolute Gasteiger partial charge is 0.274 e. The number of ether oxygens (including phenoxy) is 1. The van der Waals surface area contributed by atoms with E-state index in [1.165, 1.54) is 24.3 Å². The van der Waals surface area contributed by atoms with Crippen LogP contribution in [0.15, 0.2) is 36.7 Å². The zero-order valence-electron chi connectivity index (χ0n) is 15.3. The van der Waals surface area contributed by atoms with Gasteiger partial charge in [0.2, 0.25) is 5.88 Å². The van der Waals surface area contributed by atoms with E-state index in [-0.39, 0.29) is 23.5 Å². The Kier molecular flexibility index (Phi) is 4.51. The molecule has 1 aliphatic carbocycles. The van der Waals surface area contributed by atoms with Gasteiger partial charge in [0.15, 0.2) is 11.3 Å². The maximum absolute atomic E-state index is 13.1. The fraction of sp³-hybridized carbons (Fsp3) is 0.350. The third kappa shape index (κ3) is 3.63. The fourth-order valence-electron chi connectivity index (χ4n) is 3.11. The van der Waals surface area contributed by atoms with E-state index >= 15 is 0 Å². The molecule has 27 heavy (non-hydrogen) atoms. The number of fused-ring (bicyclic) bond motifs is 1. The van der Waals surface area contributed by atoms with Crippen LogP contribution in [-0.4, -0.2) is 26.3 Å². The van der Waals surface area contributed by atoms with Crippen LogP contribution in [-0.2, 0) is 6.42 Å². The highest BCUT2D eigenvalue weighted by atomic mass is 19.1. The molecule has 140 valence electrons. The second-order valence-electron chi connectivity index (χ2n) is 6.88. The van der Waals surface area contributed by atoms with E-state index in [0.29, 0.717) is 29.6 Å². The SMILES string of the molecule is CCc1cc(Oc2ccc(F)cc2)nc2c(C(=O)N[C@@H](C)C3CC3)ncn12. The minimum Gasteiger partial charge on any atom is -0.439 e. The normalized spacial score (nSPS) is 14.9. The molecule has 0 spiro atoms. The van der Waals surface area contributed by atoms with Gasteiger partial charge in [0.25, 0.3) is 5.91 Å². The third-order valence-electron chi connectivity index (χ3n) is 4.86. The molecule has 1 N–H and O–H groups in total. The number of aryl methyl sites for hydroxylation is 1. The lowest BCUT2D eigenvalue weighted by Gasteiger charge is -2.12. The predicted octanol–water partition coefficient (Wildman–Crippen LogP) is 3.75. The molecular weight excluding hydrogens is 347 g/mol. The van der Waals surface area contributed by atoms with Crippen LogP contribution >= 0.6 is 0 Å². The van der Waals surface area contributed by atoms with Gasteiger partial charge in [0.1, 0.15) is 17.9 Å². The highest BCUT2D eigenvalue weighted by Crippen LogP contribution is 2.32. The molecule has 6 nitrogen and oxygen atoms in total. The Hall–Kier alpha value is -2.96. The Labute approximate surface area is 156 Å². The minimum atomic E-state index is -0.334. The Morgan fingerprint density at radius 2 is 2.11 bits per heavy atom. The fourth-order valence-corrected chi connectivity index (χ4v) is 3.11. The molecule has 0 bridgehead atoms. The molecule has 0 aliphatic heterocycles. The first-order valence-corrected chi connectivity index (χ1v) is 9.16. The van der Waals surface area contributed by atoms with E-state index in [0.717, 1.165) is 18.5 Å². The van der Waals surface area contributed by atoms with Gasteiger partial charge in [-0.1, -0.05) is 6.92 Å². The molecule has 0 saturated heterocycles. The van der Waals surface area contributed by atoms with E-state index in [4.69, 9.17) is 4.74 Å². The molecule has 1 saturated carbocycles. The van der Waals surface area contributed by atoms with Crippen molar-refractivity contribution in [1.29, 1.82) is 0 Å². The molecular formula is C20H21FN4O2. The van der Waals surface area contributed by atoms with Gasteiger partial charge in [-0.05, 0) is 56.4 Å². The number of imidazole rings is 1. The standard InChI is InChI=1S/C20H21FN4O2/c1-3-15-10-17(27-16-8-6-14(21)7-9-16)24-19-18(22-11-25(15)19)20(26)23-12(2)13-4-5-13/h6-13H,3-5H2,1-2H3,(H,23,26)/t12-/m0/s1. The van der Waals surface area contributed by atoms with Gasteiger partial charge in [0.05, 0.1) is 0 Å². The van der Waals surface area contributed by atoms with Crippen molar-refractivity contribution in [2.45, 2.75) is 39.2 Å². The zero-order chi connectivity index (χ0) is 19.0. The summed E-state index contributed by atoms with van der Waals surface area (Å²) >= 11 is 0. The third-order valence-corrected chi connectivity index (χ3v) is 4.86. The lowest BCUT2D eigenvalue weighted by atomic mass is 10.2. The van der Waals surface area contributed by atoms with Gasteiger partial charge in [0, 0.05) is 17.8 Å².